The van der Waals surface area contributed by atoms with Crippen LogP contribution in [0.25, 0.3) is 0 Å². The lowest BCUT2D eigenvalue weighted by Gasteiger charge is -2.26. The SMILES string of the molecule is Cc1cc(C2CCCN2c2ccnc(C)n2)ccn1. The Labute approximate surface area is 113 Å². The zero-order chi connectivity index (χ0) is 13.2. The molecule has 0 bridgehead atoms. The Morgan fingerprint density at radius 1 is 1.16 bits per heavy atom. The maximum atomic E-state index is 4.55. The average molecular weight is 254 g/mol. The van der Waals surface area contributed by atoms with Gasteiger partial charge in [0.25, 0.3) is 0 Å². The van der Waals surface area contributed by atoms with E-state index in [4.69, 9.17) is 0 Å². The van der Waals surface area contributed by atoms with Gasteiger partial charge in [0.05, 0.1) is 6.04 Å². The summed E-state index contributed by atoms with van der Waals surface area (Å²) >= 11 is 0. The van der Waals surface area contributed by atoms with Gasteiger partial charge in [-0.3, -0.25) is 4.98 Å². The summed E-state index contributed by atoms with van der Waals surface area (Å²) in [5.41, 5.74) is 2.41. The van der Waals surface area contributed by atoms with Crippen LogP contribution in [0.3, 0.4) is 0 Å². The number of nitrogens with zero attached hydrogens (tertiary/aromatic N) is 4. The number of hydrogen-bond donors (Lipinski definition) is 0. The fourth-order valence-electron chi connectivity index (χ4n) is 2.77. The van der Waals surface area contributed by atoms with E-state index < -0.39 is 0 Å². The largest absolute Gasteiger partial charge is 0.349 e. The molecule has 0 radical (unpaired) electrons. The van der Waals surface area contributed by atoms with Crippen LogP contribution in [0.1, 0.15) is 36.0 Å². The van der Waals surface area contributed by atoms with Crippen molar-refractivity contribution in [1.82, 2.24) is 15.0 Å². The normalized spacial score (nSPS) is 18.8. The standard InChI is InChI=1S/C15H18N4/c1-11-10-13(5-7-16-11)14-4-3-9-19(14)15-6-8-17-12(2)18-15/h5-8,10,14H,3-4,9H2,1-2H3. The van der Waals surface area contributed by atoms with Crippen LogP contribution >= 0.6 is 0 Å². The second kappa shape index (κ2) is 4.96. The molecule has 0 saturated carbocycles. The van der Waals surface area contributed by atoms with Crippen molar-refractivity contribution >= 4 is 5.82 Å². The van der Waals surface area contributed by atoms with Gasteiger partial charge in [0, 0.05) is 24.6 Å². The van der Waals surface area contributed by atoms with Gasteiger partial charge in [0.1, 0.15) is 11.6 Å². The Balaban J connectivity index is 1.93. The van der Waals surface area contributed by atoms with E-state index in [1.807, 2.05) is 32.3 Å². The molecule has 3 heterocycles. The van der Waals surface area contributed by atoms with E-state index in [2.05, 4.69) is 32.0 Å². The molecule has 0 aromatic carbocycles. The first-order chi connectivity index (χ1) is 9.24. The highest BCUT2D eigenvalue weighted by Crippen LogP contribution is 2.34. The van der Waals surface area contributed by atoms with Crippen LogP contribution < -0.4 is 4.90 Å². The highest BCUT2D eigenvalue weighted by atomic mass is 15.2. The van der Waals surface area contributed by atoms with Crippen LogP contribution in [0.5, 0.6) is 0 Å². The topological polar surface area (TPSA) is 41.9 Å². The molecule has 2 aromatic rings. The molecule has 0 N–H and O–H groups in total. The van der Waals surface area contributed by atoms with Crippen molar-refractivity contribution in [3.8, 4) is 0 Å². The van der Waals surface area contributed by atoms with E-state index in [0.717, 1.165) is 23.9 Å². The molecule has 1 fully saturated rings. The van der Waals surface area contributed by atoms with Crippen molar-refractivity contribution in [2.45, 2.75) is 32.7 Å². The first-order valence-corrected chi connectivity index (χ1v) is 6.73. The number of rotatable bonds is 2. The molecule has 1 saturated heterocycles. The Hall–Kier alpha value is -1.97. The van der Waals surface area contributed by atoms with Crippen molar-refractivity contribution in [3.63, 3.8) is 0 Å². The van der Waals surface area contributed by atoms with Crippen LogP contribution in [-0.4, -0.2) is 21.5 Å². The summed E-state index contributed by atoms with van der Waals surface area (Å²) in [7, 11) is 0. The number of anilines is 1. The predicted octanol–water partition coefficient (Wildman–Crippen LogP) is 2.83. The summed E-state index contributed by atoms with van der Waals surface area (Å²) in [5.74, 6) is 1.86. The van der Waals surface area contributed by atoms with E-state index in [1.54, 1.807) is 0 Å². The lowest BCUT2D eigenvalue weighted by molar-refractivity contribution is 0.706. The predicted molar refractivity (Wildman–Crippen MR) is 75.1 cm³/mol. The summed E-state index contributed by atoms with van der Waals surface area (Å²) in [4.78, 5) is 15.4. The highest BCUT2D eigenvalue weighted by molar-refractivity contribution is 5.43. The number of pyridine rings is 1. The minimum absolute atomic E-state index is 0.413. The van der Waals surface area contributed by atoms with E-state index in [1.165, 1.54) is 18.4 Å². The van der Waals surface area contributed by atoms with Crippen molar-refractivity contribution in [3.05, 3.63) is 47.7 Å². The second-order valence-electron chi connectivity index (χ2n) is 5.04. The van der Waals surface area contributed by atoms with Gasteiger partial charge in [-0.1, -0.05) is 0 Å². The average Bonchev–Trinajstić information content (AvgIpc) is 2.88. The van der Waals surface area contributed by atoms with Gasteiger partial charge in [-0.2, -0.15) is 0 Å². The minimum atomic E-state index is 0.413. The molecular formula is C15H18N4. The third kappa shape index (κ3) is 2.43. The fourth-order valence-corrected chi connectivity index (χ4v) is 2.77. The fraction of sp³-hybridized carbons (Fsp3) is 0.400. The highest BCUT2D eigenvalue weighted by Gasteiger charge is 2.27. The summed E-state index contributed by atoms with van der Waals surface area (Å²) in [5, 5.41) is 0. The van der Waals surface area contributed by atoms with Gasteiger partial charge >= 0.3 is 0 Å². The van der Waals surface area contributed by atoms with Crippen molar-refractivity contribution < 1.29 is 0 Å². The smallest absolute Gasteiger partial charge is 0.132 e. The van der Waals surface area contributed by atoms with Crippen LogP contribution in [0.4, 0.5) is 5.82 Å². The molecule has 4 nitrogen and oxygen atoms in total. The number of aryl methyl sites for hydroxylation is 2. The molecule has 19 heavy (non-hydrogen) atoms. The van der Waals surface area contributed by atoms with E-state index >= 15 is 0 Å². The number of hydrogen-bond acceptors (Lipinski definition) is 4. The van der Waals surface area contributed by atoms with E-state index in [9.17, 15) is 0 Å². The van der Waals surface area contributed by atoms with Gasteiger partial charge in [0.2, 0.25) is 0 Å². The maximum absolute atomic E-state index is 4.55. The Bertz CT molecular complexity index is 530. The summed E-state index contributed by atoms with van der Waals surface area (Å²) in [6.07, 6.45) is 6.11. The molecule has 1 aliphatic rings. The molecule has 4 heteroatoms. The van der Waals surface area contributed by atoms with Crippen LogP contribution in [0.2, 0.25) is 0 Å². The molecule has 98 valence electrons. The lowest BCUT2D eigenvalue weighted by Crippen LogP contribution is -2.24. The van der Waals surface area contributed by atoms with Gasteiger partial charge in [-0.25, -0.2) is 9.97 Å². The molecule has 1 aliphatic heterocycles. The van der Waals surface area contributed by atoms with E-state index in [0.29, 0.717) is 6.04 Å². The summed E-state index contributed by atoms with van der Waals surface area (Å²) in [6, 6.07) is 6.71. The summed E-state index contributed by atoms with van der Waals surface area (Å²) < 4.78 is 0. The first-order valence-electron chi connectivity index (χ1n) is 6.73. The molecule has 1 unspecified atom stereocenters. The van der Waals surface area contributed by atoms with E-state index in [-0.39, 0.29) is 0 Å². The zero-order valence-electron chi connectivity index (χ0n) is 11.4. The van der Waals surface area contributed by atoms with Crippen molar-refractivity contribution in [2.24, 2.45) is 0 Å². The van der Waals surface area contributed by atoms with Gasteiger partial charge < -0.3 is 4.90 Å². The molecule has 0 amide bonds. The quantitative estimate of drug-likeness (QED) is 0.826. The van der Waals surface area contributed by atoms with Gasteiger partial charge in [0.15, 0.2) is 0 Å². The molecule has 3 rings (SSSR count). The van der Waals surface area contributed by atoms with Gasteiger partial charge in [-0.05, 0) is 50.5 Å². The van der Waals surface area contributed by atoms with Gasteiger partial charge in [-0.15, -0.1) is 0 Å². The number of aromatic nitrogens is 3. The van der Waals surface area contributed by atoms with Crippen LogP contribution in [0.15, 0.2) is 30.6 Å². The third-order valence-electron chi connectivity index (χ3n) is 3.61. The monoisotopic (exact) mass is 254 g/mol. The van der Waals surface area contributed by atoms with Crippen molar-refractivity contribution in [2.75, 3.05) is 11.4 Å². The van der Waals surface area contributed by atoms with Crippen LogP contribution in [0, 0.1) is 13.8 Å². The Kier molecular flexibility index (Phi) is 3.15. The minimum Gasteiger partial charge on any atom is -0.349 e. The molecular weight excluding hydrogens is 236 g/mol. The third-order valence-corrected chi connectivity index (χ3v) is 3.61. The second-order valence-corrected chi connectivity index (χ2v) is 5.04. The summed E-state index contributed by atoms with van der Waals surface area (Å²) in [6.45, 7) is 5.03. The first kappa shape index (κ1) is 12.1. The Morgan fingerprint density at radius 3 is 2.79 bits per heavy atom. The van der Waals surface area contributed by atoms with Crippen molar-refractivity contribution in [1.29, 1.82) is 0 Å². The Morgan fingerprint density at radius 2 is 2.00 bits per heavy atom. The molecule has 2 aromatic heterocycles. The maximum Gasteiger partial charge on any atom is 0.132 e. The lowest BCUT2D eigenvalue weighted by atomic mass is 10.1. The molecule has 0 aliphatic carbocycles. The molecule has 0 spiro atoms. The van der Waals surface area contributed by atoms with Crippen LogP contribution in [-0.2, 0) is 0 Å². The zero-order valence-corrected chi connectivity index (χ0v) is 11.4. The molecule has 1 atom stereocenters.